The summed E-state index contributed by atoms with van der Waals surface area (Å²) in [5.74, 6) is -1.94. The van der Waals surface area contributed by atoms with Gasteiger partial charge in [-0.15, -0.1) is 0 Å². The molecule has 0 aliphatic carbocycles. The number of unbranched alkanes of at least 4 members (excludes halogenated alkanes) is 2. The molecule has 180 valence electrons. The minimum Gasteiger partial charge on any atom is -0.778 e. The van der Waals surface area contributed by atoms with Gasteiger partial charge in [-0.2, -0.15) is 11.8 Å². The molecular weight excluding hydrogens is 465 g/mol. The summed E-state index contributed by atoms with van der Waals surface area (Å²) in [5, 5.41) is 11.5. The van der Waals surface area contributed by atoms with Gasteiger partial charge in [0.25, 0.3) is 5.91 Å². The predicted molar refractivity (Wildman–Crippen MR) is 122 cm³/mol. The Morgan fingerprint density at radius 2 is 1.88 bits per heavy atom. The number of nitrogens with zero attached hydrogens (tertiary/aromatic N) is 1. The number of benzene rings is 1. The number of aliphatic carboxylic acids is 1. The molecule has 1 saturated heterocycles. The Labute approximate surface area is 231 Å². The van der Waals surface area contributed by atoms with Crippen molar-refractivity contribution in [2.24, 2.45) is 5.73 Å². The number of rotatable bonds is 14. The number of carbonyl (C=O) groups excluding carboxylic acids is 2. The van der Waals surface area contributed by atoms with Crippen LogP contribution in [0.4, 0.5) is 0 Å². The maximum Gasteiger partial charge on any atom is 1.00 e. The Balaban J connectivity index is 0.00000544. The molecule has 1 aliphatic rings. The van der Waals surface area contributed by atoms with Gasteiger partial charge < -0.3 is 34.5 Å². The van der Waals surface area contributed by atoms with Gasteiger partial charge in [-0.1, -0.05) is 30.3 Å². The van der Waals surface area contributed by atoms with E-state index in [0.717, 1.165) is 12.0 Å². The molecule has 0 spiro atoms. The van der Waals surface area contributed by atoms with E-state index in [9.17, 15) is 24.2 Å². The van der Waals surface area contributed by atoms with E-state index in [0.29, 0.717) is 32.2 Å². The molecule has 1 unspecified atom stereocenters. The minimum atomic E-state index is -4.28. The van der Waals surface area contributed by atoms with Crippen LogP contribution in [-0.2, 0) is 25.1 Å². The van der Waals surface area contributed by atoms with Gasteiger partial charge in [-0.05, 0) is 63.3 Å². The van der Waals surface area contributed by atoms with Gasteiger partial charge in [-0.3, -0.25) is 4.79 Å². The van der Waals surface area contributed by atoms with E-state index >= 15 is 0 Å². The Kier molecular flexibility index (Phi) is 17.2. The molecule has 0 aromatic heterocycles. The first-order valence-electron chi connectivity index (χ1n) is 11.0. The number of amides is 1. The molecule has 1 aromatic carbocycles. The second-order valence-corrected chi connectivity index (χ2v) is 11.1. The molecular formula is C22H33Li2N2O6PS. The van der Waals surface area contributed by atoms with Crippen LogP contribution in [0.2, 0.25) is 0 Å². The largest absolute Gasteiger partial charge is 1.00 e. The maximum atomic E-state index is 13.1. The number of likely N-dealkylation sites (tertiary alicyclic amines) is 1. The van der Waals surface area contributed by atoms with Gasteiger partial charge in [-0.25, -0.2) is 0 Å². The molecule has 0 bridgehead atoms. The third-order valence-corrected chi connectivity index (χ3v) is 8.07. The predicted octanol–water partition coefficient (Wildman–Crippen LogP) is -4.83. The van der Waals surface area contributed by atoms with Crippen molar-refractivity contribution in [2.45, 2.75) is 62.3 Å². The van der Waals surface area contributed by atoms with Crippen molar-refractivity contribution in [3.05, 3.63) is 35.9 Å². The number of nitrogens with two attached hydrogens (primary N) is 1. The number of thioether (sulfide) groups is 1. The number of carboxylic acid groups (broad SMARTS) is 1. The fraction of sp³-hybridized carbons (Fsp3) is 0.636. The number of carboxylic acids is 1. The molecule has 34 heavy (non-hydrogen) atoms. The van der Waals surface area contributed by atoms with Crippen LogP contribution >= 0.6 is 19.4 Å². The normalized spacial score (nSPS) is 20.0. The van der Waals surface area contributed by atoms with Gasteiger partial charge in [0.15, 0.2) is 0 Å². The molecule has 1 fully saturated rings. The second-order valence-electron chi connectivity index (χ2n) is 8.07. The summed E-state index contributed by atoms with van der Waals surface area (Å²) >= 11 is 1.47. The Morgan fingerprint density at radius 3 is 2.47 bits per heavy atom. The van der Waals surface area contributed by atoms with Gasteiger partial charge in [0.2, 0.25) is 0 Å². The summed E-state index contributed by atoms with van der Waals surface area (Å²) < 4.78 is 18.0. The fourth-order valence-electron chi connectivity index (χ4n) is 3.84. The van der Waals surface area contributed by atoms with Gasteiger partial charge in [0.05, 0.1) is 12.0 Å². The van der Waals surface area contributed by atoms with Crippen LogP contribution in [0.5, 0.6) is 0 Å². The van der Waals surface area contributed by atoms with Crippen molar-refractivity contribution in [1.82, 2.24) is 4.90 Å². The number of aryl methyl sites for hydroxylation is 1. The van der Waals surface area contributed by atoms with Crippen LogP contribution in [0.1, 0.15) is 44.1 Å². The standard InChI is InChI=1S/C22H35N2O6PS.2Li/c1-32-18-15-19(22(26)27)24(16-18)21(25)20(12-5-7-13-23)30-31(28,29)14-8-6-11-17-9-3-2-4-10-17;;/h2-4,9-10,18-20H,5-8,11-16,23H2,1H3,(H,26,27)(H,28,29);;/q;2*+1/p-2/t18-,19-,20-;;/m0../s1. The molecule has 1 aliphatic heterocycles. The average Bonchev–Trinajstić information content (AvgIpc) is 3.21. The Hall–Kier alpha value is -0.185. The van der Waals surface area contributed by atoms with Gasteiger partial charge in [0.1, 0.15) is 13.7 Å². The van der Waals surface area contributed by atoms with E-state index in [-0.39, 0.29) is 68.5 Å². The van der Waals surface area contributed by atoms with Crippen LogP contribution in [-0.4, -0.2) is 59.7 Å². The van der Waals surface area contributed by atoms with Crippen LogP contribution in [0.25, 0.3) is 0 Å². The van der Waals surface area contributed by atoms with Crippen LogP contribution in [0.15, 0.2) is 30.3 Å². The first-order chi connectivity index (χ1) is 15.3. The molecule has 12 heteroatoms. The number of hydrogen-bond donors (Lipinski definition) is 1. The number of carbonyl (C=O) groups is 2. The summed E-state index contributed by atoms with van der Waals surface area (Å²) in [7, 11) is -4.28. The van der Waals surface area contributed by atoms with E-state index in [1.807, 2.05) is 36.6 Å². The Bertz CT molecular complexity index is 792. The van der Waals surface area contributed by atoms with Crippen molar-refractivity contribution < 1.29 is 66.4 Å². The zero-order valence-electron chi connectivity index (χ0n) is 20.5. The van der Waals surface area contributed by atoms with Crippen LogP contribution < -0.4 is 53.5 Å². The maximum absolute atomic E-state index is 13.1. The molecule has 4 atom stereocenters. The first kappa shape index (κ1) is 33.8. The zero-order chi connectivity index (χ0) is 23.6. The second kappa shape index (κ2) is 17.3. The van der Waals surface area contributed by atoms with Crippen molar-refractivity contribution >= 4 is 31.2 Å². The molecule has 0 saturated carbocycles. The average molecular weight is 498 g/mol. The summed E-state index contributed by atoms with van der Waals surface area (Å²) in [6, 6.07) is 8.72. The third kappa shape index (κ3) is 11.3. The van der Waals surface area contributed by atoms with E-state index in [2.05, 4.69) is 0 Å². The monoisotopic (exact) mass is 498 g/mol. The van der Waals surface area contributed by atoms with Crippen LogP contribution in [0, 0.1) is 0 Å². The SMILES string of the molecule is CS[C@H]1C[C@@H](C(=O)[O-])N(C(=O)[C@H](CCCCN)OP(=O)([O-])CCCCc2ccccc2)C1.[Li+].[Li+]. The van der Waals surface area contributed by atoms with Gasteiger partial charge >= 0.3 is 37.7 Å². The van der Waals surface area contributed by atoms with Gasteiger partial charge in [0, 0.05) is 18.0 Å². The molecule has 2 rings (SSSR count). The fourth-order valence-corrected chi connectivity index (χ4v) is 5.83. The molecule has 1 heterocycles. The summed E-state index contributed by atoms with van der Waals surface area (Å²) in [6.45, 7) is 0.644. The summed E-state index contributed by atoms with van der Waals surface area (Å²) in [6.07, 6.45) is 3.88. The molecule has 2 N–H and O–H groups in total. The Morgan fingerprint density at radius 1 is 1.21 bits per heavy atom. The topological polar surface area (TPSA) is 136 Å². The van der Waals surface area contributed by atoms with E-state index < -0.39 is 31.6 Å². The number of hydrogen-bond acceptors (Lipinski definition) is 8. The van der Waals surface area contributed by atoms with Crippen LogP contribution in [0.3, 0.4) is 0 Å². The van der Waals surface area contributed by atoms with Crippen molar-refractivity contribution in [1.29, 1.82) is 0 Å². The third-order valence-electron chi connectivity index (χ3n) is 5.63. The minimum absolute atomic E-state index is 0. The van der Waals surface area contributed by atoms with Crippen molar-refractivity contribution in [2.75, 3.05) is 25.5 Å². The molecule has 1 aromatic rings. The summed E-state index contributed by atoms with van der Waals surface area (Å²) in [4.78, 5) is 38.5. The summed E-state index contributed by atoms with van der Waals surface area (Å²) in [5.41, 5.74) is 6.66. The molecule has 0 radical (unpaired) electrons. The van der Waals surface area contributed by atoms with Crippen molar-refractivity contribution in [3.63, 3.8) is 0 Å². The van der Waals surface area contributed by atoms with E-state index in [1.165, 1.54) is 16.7 Å². The quantitative estimate of drug-likeness (QED) is 0.153. The zero-order valence-corrected chi connectivity index (χ0v) is 22.2. The van der Waals surface area contributed by atoms with E-state index in [4.69, 9.17) is 10.3 Å². The molecule has 1 amide bonds. The smallest absolute Gasteiger partial charge is 0.778 e. The molecule has 8 nitrogen and oxygen atoms in total. The van der Waals surface area contributed by atoms with Crippen molar-refractivity contribution in [3.8, 4) is 0 Å². The van der Waals surface area contributed by atoms with E-state index in [1.54, 1.807) is 0 Å². The first-order valence-corrected chi connectivity index (χ1v) is 14.1.